The highest BCUT2D eigenvalue weighted by Gasteiger charge is 2.28. The fourth-order valence-electron chi connectivity index (χ4n) is 3.33. The number of hydrogen-bond acceptors (Lipinski definition) is 5. The Balaban J connectivity index is 0.000000186. The molecular weight excluding hydrogens is 448 g/mol. The van der Waals surface area contributed by atoms with E-state index in [4.69, 9.17) is 0 Å². The normalized spacial score (nSPS) is 17.1. The van der Waals surface area contributed by atoms with Crippen LogP contribution < -0.4 is 0 Å². The lowest BCUT2D eigenvalue weighted by Gasteiger charge is -2.15. The zero-order chi connectivity index (χ0) is 23.7. The van der Waals surface area contributed by atoms with Crippen molar-refractivity contribution < 1.29 is 8.42 Å². The number of thiophene rings is 1. The number of benzene rings is 2. The highest BCUT2D eigenvalue weighted by Crippen LogP contribution is 2.30. The lowest BCUT2D eigenvalue weighted by atomic mass is 10.1. The number of aliphatic imine (C=N–C) groups is 2. The van der Waals surface area contributed by atoms with Gasteiger partial charge in [0.25, 0.3) is 0 Å². The highest BCUT2D eigenvalue weighted by molar-refractivity contribution is 7.93. The van der Waals surface area contributed by atoms with Gasteiger partial charge in [-0.15, -0.1) is 11.3 Å². The van der Waals surface area contributed by atoms with Crippen LogP contribution in [0.4, 0.5) is 0 Å². The molecule has 1 aromatic heterocycles. The molecule has 0 bridgehead atoms. The third kappa shape index (κ3) is 7.21. The van der Waals surface area contributed by atoms with Gasteiger partial charge < -0.3 is 0 Å². The largest absolute Gasteiger partial charge is 0.289 e. The minimum atomic E-state index is -3.04. The van der Waals surface area contributed by atoms with Crippen LogP contribution in [0.15, 0.2) is 86.3 Å². The third-order valence-corrected chi connectivity index (χ3v) is 8.94. The van der Waals surface area contributed by atoms with Crippen molar-refractivity contribution in [2.45, 2.75) is 44.4 Å². The highest BCUT2D eigenvalue weighted by atomic mass is 32.2. The second-order valence-electron chi connectivity index (χ2n) is 8.24. The summed E-state index contributed by atoms with van der Waals surface area (Å²) < 4.78 is 24.2. The molecule has 1 aliphatic heterocycles. The molecule has 3 aromatic rings. The average molecular weight is 481 g/mol. The van der Waals surface area contributed by atoms with Gasteiger partial charge in [0, 0.05) is 30.0 Å². The number of sulfone groups is 1. The van der Waals surface area contributed by atoms with E-state index in [9.17, 15) is 8.42 Å². The van der Waals surface area contributed by atoms with Gasteiger partial charge in [-0.05, 0) is 35.4 Å². The van der Waals surface area contributed by atoms with Crippen molar-refractivity contribution in [1.82, 2.24) is 0 Å². The van der Waals surface area contributed by atoms with E-state index >= 15 is 0 Å². The maximum absolute atomic E-state index is 11.8. The van der Waals surface area contributed by atoms with E-state index in [0.29, 0.717) is 16.5 Å². The van der Waals surface area contributed by atoms with Crippen LogP contribution in [0.3, 0.4) is 0 Å². The van der Waals surface area contributed by atoms with E-state index in [1.165, 1.54) is 22.5 Å². The first kappa shape index (κ1) is 25.1. The van der Waals surface area contributed by atoms with Crippen LogP contribution in [0.25, 0.3) is 0 Å². The van der Waals surface area contributed by atoms with Crippen molar-refractivity contribution in [3.05, 3.63) is 88.8 Å². The molecule has 6 heteroatoms. The summed E-state index contributed by atoms with van der Waals surface area (Å²) in [6.45, 7) is 7.91. The molecule has 4 rings (SSSR count). The van der Waals surface area contributed by atoms with Gasteiger partial charge in [0.1, 0.15) is 4.21 Å². The maximum atomic E-state index is 11.8. The van der Waals surface area contributed by atoms with Gasteiger partial charge in [-0.25, -0.2) is 8.42 Å². The van der Waals surface area contributed by atoms with E-state index in [-0.39, 0.29) is 5.75 Å². The Hall–Kier alpha value is -2.57. The predicted molar refractivity (Wildman–Crippen MR) is 141 cm³/mol. The zero-order valence-electron chi connectivity index (χ0n) is 19.6. The summed E-state index contributed by atoms with van der Waals surface area (Å²) in [5.74, 6) is 0.767. The Morgan fingerprint density at radius 1 is 1.03 bits per heavy atom. The molecule has 1 atom stereocenters. The van der Waals surface area contributed by atoms with Gasteiger partial charge in [0.05, 0.1) is 12.3 Å². The molecule has 1 aliphatic rings. The van der Waals surface area contributed by atoms with E-state index in [1.807, 2.05) is 47.8 Å². The Labute approximate surface area is 202 Å². The topological polar surface area (TPSA) is 58.9 Å². The molecule has 174 valence electrons. The van der Waals surface area contributed by atoms with E-state index in [0.717, 1.165) is 36.5 Å². The number of nitrogens with zero attached hydrogens (tertiary/aromatic N) is 2. The Bertz CT molecular complexity index is 1180. The quantitative estimate of drug-likeness (QED) is 0.380. The molecule has 0 amide bonds. The Kier molecular flexibility index (Phi) is 9.15. The molecule has 2 aromatic carbocycles. The van der Waals surface area contributed by atoms with Crippen molar-refractivity contribution in [2.75, 3.05) is 12.3 Å². The van der Waals surface area contributed by atoms with Crippen LogP contribution in [0.2, 0.25) is 0 Å². The first-order valence-corrected chi connectivity index (χ1v) is 13.9. The number of rotatable bonds is 6. The van der Waals surface area contributed by atoms with Crippen LogP contribution in [-0.2, 0) is 16.4 Å². The summed E-state index contributed by atoms with van der Waals surface area (Å²) in [5, 5.41) is 1.84. The molecule has 1 unspecified atom stereocenters. The lowest BCUT2D eigenvalue weighted by molar-refractivity contribution is 0.576. The van der Waals surface area contributed by atoms with Gasteiger partial charge in [-0.3, -0.25) is 9.98 Å². The van der Waals surface area contributed by atoms with Gasteiger partial charge >= 0.3 is 0 Å². The standard InChI is InChI=1S/C15H15N.C12H17NO2S2/c1-13(15-10-6-3-7-11-15)16-12-14-8-4-2-5-9-14;1-3-9(2)8-13-11-5-7-17(14,15)12-10(11)4-6-16-12/h2-11H,12H2,1H3;4,6,9H,3,5,7-8H2,1-2H3. The fraction of sp³-hybridized carbons (Fsp3) is 0.333. The minimum Gasteiger partial charge on any atom is -0.289 e. The molecular formula is C27H32N2O2S2. The molecule has 0 N–H and O–H groups in total. The summed E-state index contributed by atoms with van der Waals surface area (Å²) in [6.07, 6.45) is 1.66. The minimum absolute atomic E-state index is 0.208. The molecule has 0 radical (unpaired) electrons. The number of fused-ring (bicyclic) bond motifs is 1. The Morgan fingerprint density at radius 2 is 1.70 bits per heavy atom. The monoisotopic (exact) mass is 480 g/mol. The van der Waals surface area contributed by atoms with Crippen molar-refractivity contribution in [2.24, 2.45) is 15.9 Å². The Morgan fingerprint density at radius 3 is 2.36 bits per heavy atom. The smallest absolute Gasteiger partial charge is 0.188 e. The SMILES string of the molecule is CC(=NCc1ccccc1)c1ccccc1.CCC(C)CN=C1CCS(=O)(=O)c2sccc21. The van der Waals surface area contributed by atoms with E-state index < -0.39 is 9.84 Å². The molecule has 0 fully saturated rings. The van der Waals surface area contributed by atoms with Crippen LogP contribution in [-0.4, -0.2) is 32.1 Å². The molecule has 0 aliphatic carbocycles. The third-order valence-electron chi connectivity index (χ3n) is 5.65. The summed E-state index contributed by atoms with van der Waals surface area (Å²) in [4.78, 5) is 9.17. The van der Waals surface area contributed by atoms with Crippen molar-refractivity contribution in [3.8, 4) is 0 Å². The summed E-state index contributed by atoms with van der Waals surface area (Å²) in [5.41, 5.74) is 5.33. The van der Waals surface area contributed by atoms with Gasteiger partial charge in [-0.1, -0.05) is 80.9 Å². The van der Waals surface area contributed by atoms with Gasteiger partial charge in [-0.2, -0.15) is 0 Å². The first-order chi connectivity index (χ1) is 15.9. The van der Waals surface area contributed by atoms with Gasteiger partial charge in [0.15, 0.2) is 9.84 Å². The summed E-state index contributed by atoms with van der Waals surface area (Å²) in [7, 11) is -3.04. The lowest BCUT2D eigenvalue weighted by Crippen LogP contribution is -2.20. The molecule has 0 spiro atoms. The van der Waals surface area contributed by atoms with E-state index in [2.05, 4.69) is 55.0 Å². The van der Waals surface area contributed by atoms with Crippen LogP contribution in [0, 0.1) is 5.92 Å². The zero-order valence-corrected chi connectivity index (χ0v) is 21.2. The van der Waals surface area contributed by atoms with Crippen molar-refractivity contribution >= 4 is 32.6 Å². The van der Waals surface area contributed by atoms with E-state index in [1.54, 1.807) is 0 Å². The first-order valence-electron chi connectivity index (χ1n) is 11.3. The maximum Gasteiger partial charge on any atom is 0.188 e. The predicted octanol–water partition coefficient (Wildman–Crippen LogP) is 6.46. The molecule has 33 heavy (non-hydrogen) atoms. The number of hydrogen-bond donors (Lipinski definition) is 0. The van der Waals surface area contributed by atoms with Crippen molar-refractivity contribution in [1.29, 1.82) is 0 Å². The second kappa shape index (κ2) is 12.1. The van der Waals surface area contributed by atoms with Crippen LogP contribution in [0.1, 0.15) is 50.3 Å². The molecule has 4 nitrogen and oxygen atoms in total. The van der Waals surface area contributed by atoms with Crippen LogP contribution >= 0.6 is 11.3 Å². The van der Waals surface area contributed by atoms with Gasteiger partial charge in [0.2, 0.25) is 0 Å². The molecule has 2 heterocycles. The fourth-order valence-corrected chi connectivity index (χ4v) is 6.14. The second-order valence-corrected chi connectivity index (χ2v) is 11.5. The average Bonchev–Trinajstić information content (AvgIpc) is 3.35. The van der Waals surface area contributed by atoms with Crippen molar-refractivity contribution in [3.63, 3.8) is 0 Å². The molecule has 0 saturated carbocycles. The summed E-state index contributed by atoms with van der Waals surface area (Å²) in [6, 6.07) is 22.5. The summed E-state index contributed by atoms with van der Waals surface area (Å²) >= 11 is 1.31. The molecule has 0 saturated heterocycles. The van der Waals surface area contributed by atoms with Crippen LogP contribution in [0.5, 0.6) is 0 Å².